The molecule has 0 saturated carbocycles. The Morgan fingerprint density at radius 1 is 1.24 bits per heavy atom. The minimum atomic E-state index is -3.47. The lowest BCUT2D eigenvalue weighted by Crippen LogP contribution is -2.31. The van der Waals surface area contributed by atoms with Gasteiger partial charge in [0.25, 0.3) is 0 Å². The SMILES string of the molecule is O=C(CCCn1nnc2cc(S(=O)(=O)N3CCCC3)ccc21)NC[C@H]1CCCO1. The van der Waals surface area contributed by atoms with Gasteiger partial charge < -0.3 is 10.1 Å². The molecule has 1 amide bonds. The third-order valence-corrected chi connectivity index (χ3v) is 7.41. The average Bonchev–Trinajstić information content (AvgIpc) is 3.47. The van der Waals surface area contributed by atoms with E-state index in [4.69, 9.17) is 4.74 Å². The molecule has 0 unspecified atom stereocenters. The molecule has 158 valence electrons. The van der Waals surface area contributed by atoms with Crippen molar-refractivity contribution in [3.8, 4) is 0 Å². The van der Waals surface area contributed by atoms with Crippen LogP contribution >= 0.6 is 0 Å². The molecule has 0 aliphatic carbocycles. The molecule has 0 spiro atoms. The van der Waals surface area contributed by atoms with Gasteiger partial charge in [0.15, 0.2) is 0 Å². The number of rotatable bonds is 8. The van der Waals surface area contributed by atoms with E-state index in [0.29, 0.717) is 44.5 Å². The molecule has 2 saturated heterocycles. The highest BCUT2D eigenvalue weighted by Crippen LogP contribution is 2.23. The molecule has 1 aromatic heterocycles. The molecule has 9 nitrogen and oxygen atoms in total. The molecule has 1 aromatic carbocycles. The van der Waals surface area contributed by atoms with Crippen LogP contribution in [0.1, 0.15) is 38.5 Å². The number of hydrogen-bond donors (Lipinski definition) is 1. The molecule has 10 heteroatoms. The van der Waals surface area contributed by atoms with E-state index in [1.165, 1.54) is 4.31 Å². The zero-order valence-corrected chi connectivity index (χ0v) is 17.2. The van der Waals surface area contributed by atoms with Crippen molar-refractivity contribution in [3.63, 3.8) is 0 Å². The first-order chi connectivity index (χ1) is 14.0. The minimum absolute atomic E-state index is 0.00362. The van der Waals surface area contributed by atoms with Crippen LogP contribution in [0.4, 0.5) is 0 Å². The first-order valence-corrected chi connectivity index (χ1v) is 11.7. The van der Waals surface area contributed by atoms with Gasteiger partial charge in [-0.2, -0.15) is 4.31 Å². The maximum Gasteiger partial charge on any atom is 0.243 e. The maximum atomic E-state index is 12.7. The fourth-order valence-corrected chi connectivity index (χ4v) is 5.40. The highest BCUT2D eigenvalue weighted by atomic mass is 32.2. The van der Waals surface area contributed by atoms with E-state index in [1.54, 1.807) is 22.9 Å². The number of carbonyl (C=O) groups excluding carboxylic acids is 1. The van der Waals surface area contributed by atoms with Gasteiger partial charge in [0.1, 0.15) is 5.52 Å². The Balaban J connectivity index is 1.33. The lowest BCUT2D eigenvalue weighted by Gasteiger charge is -2.15. The lowest BCUT2D eigenvalue weighted by molar-refractivity contribution is -0.121. The number of aryl methyl sites for hydroxylation is 1. The highest BCUT2D eigenvalue weighted by Gasteiger charge is 2.27. The summed E-state index contributed by atoms with van der Waals surface area (Å²) in [5.41, 5.74) is 1.32. The number of sulfonamides is 1. The molecule has 0 bridgehead atoms. The second-order valence-electron chi connectivity index (χ2n) is 7.62. The maximum absolute atomic E-state index is 12.7. The summed E-state index contributed by atoms with van der Waals surface area (Å²) >= 11 is 0. The quantitative estimate of drug-likeness (QED) is 0.688. The summed E-state index contributed by atoms with van der Waals surface area (Å²) in [5, 5.41) is 11.2. The smallest absolute Gasteiger partial charge is 0.243 e. The zero-order chi connectivity index (χ0) is 20.3. The van der Waals surface area contributed by atoms with Crippen molar-refractivity contribution in [1.82, 2.24) is 24.6 Å². The van der Waals surface area contributed by atoms with Gasteiger partial charge in [-0.1, -0.05) is 5.21 Å². The van der Waals surface area contributed by atoms with Crippen LogP contribution in [0, 0.1) is 0 Å². The van der Waals surface area contributed by atoms with Crippen molar-refractivity contribution in [3.05, 3.63) is 18.2 Å². The summed E-state index contributed by atoms with van der Waals surface area (Å²) < 4.78 is 34.1. The van der Waals surface area contributed by atoms with Crippen LogP contribution in [-0.2, 0) is 26.1 Å². The van der Waals surface area contributed by atoms with Crippen molar-refractivity contribution >= 4 is 27.0 Å². The first-order valence-electron chi connectivity index (χ1n) is 10.3. The number of amides is 1. The van der Waals surface area contributed by atoms with Crippen molar-refractivity contribution in [2.24, 2.45) is 0 Å². The molecule has 4 rings (SSSR count). The van der Waals surface area contributed by atoms with E-state index >= 15 is 0 Å². The first kappa shape index (κ1) is 20.2. The Labute approximate surface area is 170 Å². The fraction of sp³-hybridized carbons (Fsp3) is 0.632. The number of nitrogens with zero attached hydrogens (tertiary/aromatic N) is 4. The van der Waals surface area contributed by atoms with Crippen LogP contribution in [0.5, 0.6) is 0 Å². The Bertz CT molecular complexity index is 962. The number of benzene rings is 1. The number of carbonyl (C=O) groups is 1. The standard InChI is InChI=1S/C19H27N5O4S/c25-19(20-14-15-5-4-12-28-15)6-3-11-24-18-8-7-16(13-17(18)21-22-24)29(26,27)23-9-1-2-10-23/h7-8,13,15H,1-6,9-12,14H2,(H,20,25)/t15-/m1/s1. The van der Waals surface area contributed by atoms with Gasteiger partial charge in [-0.15, -0.1) is 5.10 Å². The largest absolute Gasteiger partial charge is 0.376 e. The van der Waals surface area contributed by atoms with E-state index in [-0.39, 0.29) is 16.9 Å². The van der Waals surface area contributed by atoms with Gasteiger partial charge in [-0.3, -0.25) is 4.79 Å². The molecule has 2 aliphatic rings. The van der Waals surface area contributed by atoms with Crippen LogP contribution in [-0.4, -0.2) is 66.0 Å². The molecule has 3 heterocycles. The van der Waals surface area contributed by atoms with Gasteiger partial charge in [0, 0.05) is 39.2 Å². The van der Waals surface area contributed by atoms with Crippen LogP contribution in [0.25, 0.3) is 11.0 Å². The van der Waals surface area contributed by atoms with Gasteiger partial charge in [0.2, 0.25) is 15.9 Å². The molecule has 0 radical (unpaired) electrons. The Morgan fingerprint density at radius 3 is 2.83 bits per heavy atom. The Kier molecular flexibility index (Phi) is 6.12. The summed E-state index contributed by atoms with van der Waals surface area (Å²) in [7, 11) is -3.47. The van der Waals surface area contributed by atoms with E-state index in [9.17, 15) is 13.2 Å². The summed E-state index contributed by atoms with van der Waals surface area (Å²) in [6.07, 6.45) is 5.03. The number of nitrogens with one attached hydrogen (secondary N) is 1. The molecule has 1 atom stereocenters. The monoisotopic (exact) mass is 421 g/mol. The predicted molar refractivity (Wildman–Crippen MR) is 107 cm³/mol. The van der Waals surface area contributed by atoms with Gasteiger partial charge in [-0.25, -0.2) is 13.1 Å². The second-order valence-corrected chi connectivity index (χ2v) is 9.55. The molecule has 2 aromatic rings. The van der Waals surface area contributed by atoms with Gasteiger partial charge >= 0.3 is 0 Å². The van der Waals surface area contributed by atoms with E-state index < -0.39 is 10.0 Å². The number of ether oxygens (including phenoxy) is 1. The van der Waals surface area contributed by atoms with Gasteiger partial charge in [0.05, 0.1) is 16.5 Å². The van der Waals surface area contributed by atoms with Crippen LogP contribution < -0.4 is 5.32 Å². The van der Waals surface area contributed by atoms with Gasteiger partial charge in [-0.05, 0) is 50.3 Å². The van der Waals surface area contributed by atoms with E-state index in [0.717, 1.165) is 37.8 Å². The van der Waals surface area contributed by atoms with Crippen molar-refractivity contribution in [2.45, 2.75) is 56.1 Å². The Morgan fingerprint density at radius 2 is 2.07 bits per heavy atom. The molecule has 2 aliphatic heterocycles. The number of hydrogen-bond acceptors (Lipinski definition) is 6. The topological polar surface area (TPSA) is 106 Å². The molecule has 1 N–H and O–H groups in total. The van der Waals surface area contributed by atoms with Crippen molar-refractivity contribution in [1.29, 1.82) is 0 Å². The number of aromatic nitrogens is 3. The molecule has 29 heavy (non-hydrogen) atoms. The summed E-state index contributed by atoms with van der Waals surface area (Å²) in [4.78, 5) is 12.2. The lowest BCUT2D eigenvalue weighted by atomic mass is 10.2. The third kappa shape index (κ3) is 4.59. The van der Waals surface area contributed by atoms with Crippen molar-refractivity contribution < 1.29 is 17.9 Å². The average molecular weight is 422 g/mol. The summed E-state index contributed by atoms with van der Waals surface area (Å²) in [6, 6.07) is 4.95. The zero-order valence-electron chi connectivity index (χ0n) is 16.4. The molecular formula is C19H27N5O4S. The fourth-order valence-electron chi connectivity index (χ4n) is 3.87. The normalized spacial score (nSPS) is 20.5. The molecule has 2 fully saturated rings. The van der Waals surface area contributed by atoms with Crippen molar-refractivity contribution in [2.75, 3.05) is 26.2 Å². The second kappa shape index (κ2) is 8.76. The summed E-state index contributed by atoms with van der Waals surface area (Å²) in [6.45, 7) is 3.03. The minimum Gasteiger partial charge on any atom is -0.376 e. The van der Waals surface area contributed by atoms with E-state index in [1.807, 2.05) is 0 Å². The van der Waals surface area contributed by atoms with Crippen LogP contribution in [0.2, 0.25) is 0 Å². The Hall–Kier alpha value is -2.04. The molecular weight excluding hydrogens is 394 g/mol. The predicted octanol–water partition coefficient (Wildman–Crippen LogP) is 1.29. The van der Waals surface area contributed by atoms with E-state index in [2.05, 4.69) is 15.6 Å². The third-order valence-electron chi connectivity index (χ3n) is 5.51. The van der Waals surface area contributed by atoms with Crippen LogP contribution in [0.3, 0.4) is 0 Å². The number of fused-ring (bicyclic) bond motifs is 1. The highest BCUT2D eigenvalue weighted by molar-refractivity contribution is 7.89. The van der Waals surface area contributed by atoms with Crippen LogP contribution in [0.15, 0.2) is 23.1 Å². The summed E-state index contributed by atoms with van der Waals surface area (Å²) in [5.74, 6) is 0.00362.